The van der Waals surface area contributed by atoms with Gasteiger partial charge in [-0.05, 0) is 54.5 Å². The number of phenolic OH excluding ortho intramolecular Hbond substituents is 1. The van der Waals surface area contributed by atoms with Crippen molar-refractivity contribution in [2.45, 2.75) is 19.1 Å². The Balaban J connectivity index is 1.76. The van der Waals surface area contributed by atoms with Gasteiger partial charge in [0.2, 0.25) is 0 Å². The Kier molecular flexibility index (Phi) is 5.31. The van der Waals surface area contributed by atoms with Crippen molar-refractivity contribution in [1.29, 1.82) is 0 Å². The summed E-state index contributed by atoms with van der Waals surface area (Å²) in [6.45, 7) is 2.07. The second-order valence-corrected chi connectivity index (χ2v) is 7.80. The highest BCUT2D eigenvalue weighted by Gasteiger charge is 2.25. The summed E-state index contributed by atoms with van der Waals surface area (Å²) < 4.78 is 0. The van der Waals surface area contributed by atoms with E-state index in [2.05, 4.69) is 47.9 Å². The molecule has 142 valence electrons. The van der Waals surface area contributed by atoms with E-state index in [0.717, 1.165) is 22.4 Å². The van der Waals surface area contributed by atoms with Crippen molar-refractivity contribution < 1.29 is 5.11 Å². The molecule has 0 saturated heterocycles. The van der Waals surface area contributed by atoms with Crippen molar-refractivity contribution in [3.05, 3.63) is 105 Å². The Bertz CT molecular complexity index is 1010. The van der Waals surface area contributed by atoms with E-state index >= 15 is 0 Å². The number of nitrogens with one attached hydrogen (secondary N) is 2. The molecule has 0 saturated carbocycles. The van der Waals surface area contributed by atoms with Crippen molar-refractivity contribution in [2.75, 3.05) is 0 Å². The summed E-state index contributed by atoms with van der Waals surface area (Å²) in [6, 6.07) is 21.0. The van der Waals surface area contributed by atoms with Crippen molar-refractivity contribution in [1.82, 2.24) is 10.6 Å². The molecule has 3 aromatic rings. The minimum Gasteiger partial charge on any atom is -0.508 e. The van der Waals surface area contributed by atoms with E-state index in [4.69, 9.17) is 23.2 Å². The molecule has 0 fully saturated rings. The van der Waals surface area contributed by atoms with Crippen LogP contribution in [0, 0.1) is 6.92 Å². The van der Waals surface area contributed by atoms with E-state index in [1.165, 1.54) is 5.56 Å². The minimum absolute atomic E-state index is 0.151. The van der Waals surface area contributed by atoms with Gasteiger partial charge in [-0.15, -0.1) is 0 Å². The molecule has 4 rings (SSSR count). The number of hydrogen-bond acceptors (Lipinski definition) is 3. The van der Waals surface area contributed by atoms with Crippen LogP contribution in [0.1, 0.15) is 34.5 Å². The maximum atomic E-state index is 10.4. The van der Waals surface area contributed by atoms with E-state index in [0.29, 0.717) is 10.0 Å². The van der Waals surface area contributed by atoms with Gasteiger partial charge < -0.3 is 10.4 Å². The molecule has 2 atom stereocenters. The van der Waals surface area contributed by atoms with Gasteiger partial charge in [-0.25, -0.2) is 0 Å². The molecular formula is C23H20Cl2N2O. The first kappa shape index (κ1) is 18.9. The van der Waals surface area contributed by atoms with Gasteiger partial charge in [0.05, 0.1) is 6.04 Å². The average Bonchev–Trinajstić information content (AvgIpc) is 2.70. The zero-order chi connectivity index (χ0) is 19.7. The van der Waals surface area contributed by atoms with E-state index in [9.17, 15) is 5.11 Å². The number of aromatic hydroxyl groups is 1. The summed E-state index contributed by atoms with van der Waals surface area (Å²) in [5.74, 6) is 0.207. The molecule has 1 aliphatic heterocycles. The number of benzene rings is 3. The first-order valence-corrected chi connectivity index (χ1v) is 9.80. The van der Waals surface area contributed by atoms with E-state index < -0.39 is 0 Å². The third-order valence-electron chi connectivity index (χ3n) is 4.87. The highest BCUT2D eigenvalue weighted by atomic mass is 35.5. The monoisotopic (exact) mass is 410 g/mol. The molecule has 2 unspecified atom stereocenters. The Morgan fingerprint density at radius 2 is 1.54 bits per heavy atom. The molecule has 0 aliphatic carbocycles. The Morgan fingerprint density at radius 1 is 0.857 bits per heavy atom. The zero-order valence-corrected chi connectivity index (χ0v) is 16.8. The normalized spacial score (nSPS) is 19.0. The molecule has 28 heavy (non-hydrogen) atoms. The molecule has 3 nitrogen and oxygen atoms in total. The number of phenols is 1. The van der Waals surface area contributed by atoms with Crippen LogP contribution in [0.15, 0.2) is 72.8 Å². The lowest BCUT2D eigenvalue weighted by Crippen LogP contribution is -2.39. The number of halogens is 2. The van der Waals surface area contributed by atoms with Crippen LogP contribution in [-0.4, -0.2) is 5.11 Å². The van der Waals surface area contributed by atoms with Gasteiger partial charge in [-0.3, -0.25) is 5.32 Å². The molecule has 5 heteroatoms. The lowest BCUT2D eigenvalue weighted by molar-refractivity contribution is 0.419. The van der Waals surface area contributed by atoms with Gasteiger partial charge in [0.25, 0.3) is 0 Å². The highest BCUT2D eigenvalue weighted by molar-refractivity contribution is 6.30. The third-order valence-corrected chi connectivity index (χ3v) is 5.36. The summed E-state index contributed by atoms with van der Waals surface area (Å²) in [6.07, 6.45) is 1.92. The summed E-state index contributed by atoms with van der Waals surface area (Å²) in [7, 11) is 0. The summed E-state index contributed by atoms with van der Waals surface area (Å²) in [4.78, 5) is 0. The van der Waals surface area contributed by atoms with Gasteiger partial charge in [-0.1, -0.05) is 65.2 Å². The van der Waals surface area contributed by atoms with Crippen LogP contribution in [0.2, 0.25) is 10.0 Å². The topological polar surface area (TPSA) is 44.3 Å². The van der Waals surface area contributed by atoms with Gasteiger partial charge in [-0.2, -0.15) is 0 Å². The van der Waals surface area contributed by atoms with Crippen molar-refractivity contribution in [2.24, 2.45) is 0 Å². The molecule has 0 bridgehead atoms. The highest BCUT2D eigenvalue weighted by Crippen LogP contribution is 2.34. The number of hydrogen-bond donors (Lipinski definition) is 3. The maximum Gasteiger partial charge on any atom is 0.120 e. The maximum absolute atomic E-state index is 10.4. The Morgan fingerprint density at radius 3 is 2.25 bits per heavy atom. The Hall–Kier alpha value is -2.46. The molecule has 3 N–H and O–H groups in total. The van der Waals surface area contributed by atoms with E-state index in [1.807, 2.05) is 24.3 Å². The minimum atomic E-state index is -0.211. The van der Waals surface area contributed by atoms with E-state index in [1.54, 1.807) is 18.2 Å². The van der Waals surface area contributed by atoms with Crippen LogP contribution >= 0.6 is 23.2 Å². The summed E-state index contributed by atoms with van der Waals surface area (Å²) in [5, 5.41) is 18.8. The largest absolute Gasteiger partial charge is 0.508 e. The predicted molar refractivity (Wildman–Crippen MR) is 115 cm³/mol. The van der Waals surface area contributed by atoms with Gasteiger partial charge >= 0.3 is 0 Å². The quantitative estimate of drug-likeness (QED) is 0.497. The van der Waals surface area contributed by atoms with Gasteiger partial charge in [0.1, 0.15) is 11.9 Å². The molecule has 1 aliphatic rings. The van der Waals surface area contributed by atoms with Crippen LogP contribution in [0.4, 0.5) is 0 Å². The lowest BCUT2D eigenvalue weighted by Gasteiger charge is -2.33. The fourth-order valence-electron chi connectivity index (χ4n) is 3.34. The molecule has 0 aromatic heterocycles. The standard InChI is InChI=1S/C23H20Cl2N2O/c1-14-2-4-15(5-3-14)20-13-21(19-12-18(25)10-11-22(19)28)27-23(26-20)16-6-8-17(24)9-7-16/h2-13,21,23,26-28H,1H3. The molecule has 3 aromatic carbocycles. The van der Waals surface area contributed by atoms with Crippen LogP contribution in [0.5, 0.6) is 5.75 Å². The summed E-state index contributed by atoms with van der Waals surface area (Å²) >= 11 is 12.2. The van der Waals surface area contributed by atoms with Crippen LogP contribution in [-0.2, 0) is 0 Å². The molecule has 0 amide bonds. The predicted octanol–water partition coefficient (Wildman–Crippen LogP) is 5.98. The second kappa shape index (κ2) is 7.88. The first-order chi connectivity index (χ1) is 13.5. The molecule has 0 radical (unpaired) electrons. The SMILES string of the molecule is Cc1ccc(C2=CC(c3cc(Cl)ccc3O)NC(c3ccc(Cl)cc3)N2)cc1. The Labute approximate surface area is 174 Å². The summed E-state index contributed by atoms with van der Waals surface area (Å²) in [5.41, 5.74) is 5.06. The van der Waals surface area contributed by atoms with E-state index in [-0.39, 0.29) is 18.0 Å². The molecule has 0 spiro atoms. The molecule has 1 heterocycles. The van der Waals surface area contributed by atoms with Crippen molar-refractivity contribution in [3.8, 4) is 5.75 Å². The zero-order valence-electron chi connectivity index (χ0n) is 15.3. The smallest absolute Gasteiger partial charge is 0.120 e. The second-order valence-electron chi connectivity index (χ2n) is 6.92. The van der Waals surface area contributed by atoms with Crippen LogP contribution in [0.25, 0.3) is 5.70 Å². The van der Waals surface area contributed by atoms with Crippen molar-refractivity contribution >= 4 is 28.9 Å². The lowest BCUT2D eigenvalue weighted by atomic mass is 9.97. The van der Waals surface area contributed by atoms with Gasteiger partial charge in [0.15, 0.2) is 0 Å². The van der Waals surface area contributed by atoms with Crippen LogP contribution < -0.4 is 10.6 Å². The fourth-order valence-corrected chi connectivity index (χ4v) is 3.65. The average molecular weight is 411 g/mol. The third kappa shape index (κ3) is 4.02. The number of aryl methyl sites for hydroxylation is 1. The fraction of sp³-hybridized carbons (Fsp3) is 0.130. The number of rotatable bonds is 3. The molecular weight excluding hydrogens is 391 g/mol. The van der Waals surface area contributed by atoms with Crippen molar-refractivity contribution in [3.63, 3.8) is 0 Å². The van der Waals surface area contributed by atoms with Gasteiger partial charge in [0, 0.05) is 21.3 Å². The first-order valence-electron chi connectivity index (χ1n) is 9.05. The van der Waals surface area contributed by atoms with Crippen LogP contribution in [0.3, 0.4) is 0 Å².